The number of halogens is 3. The maximum absolute atomic E-state index is 14.1. The summed E-state index contributed by atoms with van der Waals surface area (Å²) in [5, 5.41) is 11.2. The van der Waals surface area contributed by atoms with E-state index in [2.05, 4.69) is 10.3 Å². The highest BCUT2D eigenvalue weighted by molar-refractivity contribution is 7.21. The molecule has 0 aliphatic carbocycles. The molecule has 3 aromatic rings. The minimum atomic E-state index is -4.75. The SMILES string of the molecule is CC(=O)N1CCc2nc3sc(C(=O)Nc4cccc(C#N)c4)c(N)c3c(C(F)(F)F)c2C1. The van der Waals surface area contributed by atoms with Gasteiger partial charge in [-0.25, -0.2) is 4.98 Å². The highest BCUT2D eigenvalue weighted by atomic mass is 32.1. The van der Waals surface area contributed by atoms with E-state index >= 15 is 0 Å². The molecular weight excluding hydrogens is 443 g/mol. The lowest BCUT2D eigenvalue weighted by Gasteiger charge is -2.29. The number of carbonyl (C=O) groups excluding carboxylic acids is 2. The molecule has 0 bridgehead atoms. The number of alkyl halides is 3. The summed E-state index contributed by atoms with van der Waals surface area (Å²) in [6.07, 6.45) is -4.58. The van der Waals surface area contributed by atoms with Gasteiger partial charge in [-0.15, -0.1) is 11.3 Å². The molecule has 3 heterocycles. The fourth-order valence-electron chi connectivity index (χ4n) is 3.73. The minimum absolute atomic E-state index is 0.0146. The molecule has 0 atom stereocenters. The maximum Gasteiger partial charge on any atom is 0.417 e. The van der Waals surface area contributed by atoms with Crippen LogP contribution in [0.3, 0.4) is 0 Å². The molecule has 0 fully saturated rings. The van der Waals surface area contributed by atoms with Crippen LogP contribution in [0.4, 0.5) is 24.5 Å². The molecule has 11 heteroatoms. The summed E-state index contributed by atoms with van der Waals surface area (Å²) in [6.45, 7) is 1.34. The molecule has 4 rings (SSSR count). The molecule has 32 heavy (non-hydrogen) atoms. The molecule has 0 spiro atoms. The number of pyridine rings is 1. The van der Waals surface area contributed by atoms with Crippen molar-refractivity contribution in [2.45, 2.75) is 26.1 Å². The van der Waals surface area contributed by atoms with E-state index in [1.165, 1.54) is 17.9 Å². The van der Waals surface area contributed by atoms with Crippen LogP contribution in [0, 0.1) is 11.3 Å². The Morgan fingerprint density at radius 2 is 2.09 bits per heavy atom. The first kappa shape index (κ1) is 21.6. The Morgan fingerprint density at radius 1 is 1.34 bits per heavy atom. The first-order valence-corrected chi connectivity index (χ1v) is 10.3. The van der Waals surface area contributed by atoms with Crippen molar-refractivity contribution in [2.24, 2.45) is 0 Å². The van der Waals surface area contributed by atoms with Crippen molar-refractivity contribution in [3.05, 3.63) is 51.5 Å². The molecule has 0 unspecified atom stereocenters. The van der Waals surface area contributed by atoms with E-state index in [-0.39, 0.29) is 57.5 Å². The van der Waals surface area contributed by atoms with Crippen LogP contribution in [0.15, 0.2) is 24.3 Å². The smallest absolute Gasteiger partial charge is 0.397 e. The number of rotatable bonds is 2. The van der Waals surface area contributed by atoms with Crippen LogP contribution in [-0.2, 0) is 23.9 Å². The van der Waals surface area contributed by atoms with Crippen LogP contribution in [0.1, 0.15) is 39.0 Å². The number of hydrogen-bond donors (Lipinski definition) is 2. The molecule has 1 aliphatic rings. The van der Waals surface area contributed by atoms with E-state index in [9.17, 15) is 22.8 Å². The van der Waals surface area contributed by atoms with Crippen LogP contribution >= 0.6 is 11.3 Å². The van der Waals surface area contributed by atoms with E-state index < -0.39 is 17.6 Å². The van der Waals surface area contributed by atoms with Gasteiger partial charge in [0.25, 0.3) is 5.91 Å². The van der Waals surface area contributed by atoms with Crippen molar-refractivity contribution in [1.29, 1.82) is 5.26 Å². The number of anilines is 2. The number of hydrogen-bond acceptors (Lipinski definition) is 6. The van der Waals surface area contributed by atoms with Crippen LogP contribution in [0.2, 0.25) is 0 Å². The summed E-state index contributed by atoms with van der Waals surface area (Å²) in [4.78, 5) is 30.1. The Morgan fingerprint density at radius 3 is 2.75 bits per heavy atom. The lowest BCUT2D eigenvalue weighted by atomic mass is 9.96. The number of aromatic nitrogens is 1. The second-order valence-electron chi connectivity index (χ2n) is 7.27. The van der Waals surface area contributed by atoms with E-state index in [0.29, 0.717) is 11.3 Å². The molecule has 164 valence electrons. The van der Waals surface area contributed by atoms with Gasteiger partial charge in [-0.05, 0) is 18.2 Å². The number of nitrogen functional groups attached to an aromatic ring is 1. The normalized spacial score (nSPS) is 13.5. The number of nitrogens with two attached hydrogens (primary N) is 1. The van der Waals surface area contributed by atoms with Crippen molar-refractivity contribution in [3.63, 3.8) is 0 Å². The minimum Gasteiger partial charge on any atom is -0.397 e. The van der Waals surface area contributed by atoms with Crippen molar-refractivity contribution in [3.8, 4) is 6.07 Å². The predicted molar refractivity (Wildman–Crippen MR) is 113 cm³/mol. The zero-order valence-electron chi connectivity index (χ0n) is 16.7. The third kappa shape index (κ3) is 3.73. The van der Waals surface area contributed by atoms with Gasteiger partial charge in [0.1, 0.15) is 9.71 Å². The Hall–Kier alpha value is -3.65. The molecule has 1 aliphatic heterocycles. The molecule has 0 saturated carbocycles. The van der Waals surface area contributed by atoms with Crippen LogP contribution in [-0.4, -0.2) is 28.2 Å². The third-order valence-corrected chi connectivity index (χ3v) is 6.31. The Kier molecular flexibility index (Phi) is 5.26. The molecule has 2 amide bonds. The zero-order chi connectivity index (χ0) is 23.2. The number of carbonyl (C=O) groups is 2. The fraction of sp³-hybridized carbons (Fsp3) is 0.238. The number of benzene rings is 1. The molecule has 0 saturated heterocycles. The maximum atomic E-state index is 14.1. The molecule has 2 aromatic heterocycles. The summed E-state index contributed by atoms with van der Waals surface area (Å²) >= 11 is 0.778. The Labute approximate surface area is 184 Å². The average molecular weight is 459 g/mol. The fourth-order valence-corrected chi connectivity index (χ4v) is 4.75. The molecule has 3 N–H and O–H groups in total. The summed E-state index contributed by atoms with van der Waals surface area (Å²) < 4.78 is 42.4. The molecule has 1 aromatic carbocycles. The van der Waals surface area contributed by atoms with Crippen molar-refractivity contribution >= 4 is 44.7 Å². The number of nitriles is 1. The molecular formula is C21H16F3N5O2S. The van der Waals surface area contributed by atoms with Gasteiger partial charge in [-0.3, -0.25) is 9.59 Å². The topological polar surface area (TPSA) is 112 Å². The van der Waals surface area contributed by atoms with Crippen molar-refractivity contribution < 1.29 is 22.8 Å². The highest BCUT2D eigenvalue weighted by Gasteiger charge is 2.41. The summed E-state index contributed by atoms with van der Waals surface area (Å²) in [5.41, 5.74) is 5.56. The largest absolute Gasteiger partial charge is 0.417 e. The Balaban J connectivity index is 1.84. The number of nitrogens with one attached hydrogen (secondary N) is 1. The second kappa shape index (κ2) is 7.80. The summed E-state index contributed by atoms with van der Waals surface area (Å²) in [7, 11) is 0. The molecule has 0 radical (unpaired) electrons. The lowest BCUT2D eigenvalue weighted by molar-refractivity contribution is -0.138. The summed E-state index contributed by atoms with van der Waals surface area (Å²) in [6, 6.07) is 8.06. The highest BCUT2D eigenvalue weighted by Crippen LogP contribution is 2.45. The van der Waals surface area contributed by atoms with Gasteiger partial charge < -0.3 is 16.0 Å². The van der Waals surface area contributed by atoms with Crippen LogP contribution < -0.4 is 11.1 Å². The second-order valence-corrected chi connectivity index (χ2v) is 8.27. The Bertz CT molecular complexity index is 1310. The van der Waals surface area contributed by atoms with Gasteiger partial charge in [0.15, 0.2) is 0 Å². The van der Waals surface area contributed by atoms with Gasteiger partial charge in [-0.1, -0.05) is 6.07 Å². The van der Waals surface area contributed by atoms with Crippen LogP contribution in [0.25, 0.3) is 10.2 Å². The quantitative estimate of drug-likeness (QED) is 0.603. The van der Waals surface area contributed by atoms with Gasteiger partial charge in [0.2, 0.25) is 5.91 Å². The van der Waals surface area contributed by atoms with Gasteiger partial charge in [-0.2, -0.15) is 18.4 Å². The number of nitrogens with zero attached hydrogens (tertiary/aromatic N) is 3. The number of fused-ring (bicyclic) bond motifs is 2. The van der Waals surface area contributed by atoms with Crippen molar-refractivity contribution in [1.82, 2.24) is 9.88 Å². The van der Waals surface area contributed by atoms with Gasteiger partial charge in [0, 0.05) is 48.8 Å². The van der Waals surface area contributed by atoms with E-state index in [1.54, 1.807) is 18.2 Å². The number of amides is 2. The van der Waals surface area contributed by atoms with Gasteiger partial charge >= 0.3 is 6.18 Å². The lowest BCUT2D eigenvalue weighted by Crippen LogP contribution is -2.36. The standard InChI is InChI=1S/C21H16F3N5O2S/c1-10(30)29-6-5-14-13(9-29)16(21(22,23)24)15-17(26)18(32-20(15)28-14)19(31)27-12-4-2-3-11(7-12)8-25/h2-4,7H,5-6,9,26H2,1H3,(H,27,31). The predicted octanol–water partition coefficient (Wildman–Crippen LogP) is 3.93. The van der Waals surface area contributed by atoms with Gasteiger partial charge in [0.05, 0.1) is 22.9 Å². The molecule has 7 nitrogen and oxygen atoms in total. The van der Waals surface area contributed by atoms with Crippen LogP contribution in [0.5, 0.6) is 0 Å². The summed E-state index contributed by atoms with van der Waals surface area (Å²) in [5.74, 6) is -1.03. The third-order valence-electron chi connectivity index (χ3n) is 5.22. The zero-order valence-corrected chi connectivity index (χ0v) is 17.5. The first-order chi connectivity index (χ1) is 15.1. The van der Waals surface area contributed by atoms with E-state index in [0.717, 1.165) is 11.3 Å². The first-order valence-electron chi connectivity index (χ1n) is 9.48. The monoisotopic (exact) mass is 459 g/mol. The average Bonchev–Trinajstić information content (AvgIpc) is 3.06. The number of thiophene rings is 1. The van der Waals surface area contributed by atoms with Crippen molar-refractivity contribution in [2.75, 3.05) is 17.6 Å². The van der Waals surface area contributed by atoms with E-state index in [1.807, 2.05) is 6.07 Å². The van der Waals surface area contributed by atoms with E-state index in [4.69, 9.17) is 11.0 Å².